The Kier molecular flexibility index (Phi) is 2.42. The van der Waals surface area contributed by atoms with Crippen LogP contribution in [0.3, 0.4) is 0 Å². The van der Waals surface area contributed by atoms with Crippen molar-refractivity contribution in [1.29, 1.82) is 0 Å². The normalized spacial score (nSPS) is 31.4. The first kappa shape index (κ1) is 13.0. The molecule has 114 valence electrons. The number of hydrogen-bond acceptors (Lipinski definition) is 3. The molecule has 1 aliphatic heterocycles. The number of allylic oxidation sites excluding steroid dienone is 2. The Balaban J connectivity index is 1.69. The monoisotopic (exact) mass is 304 g/mol. The zero-order chi connectivity index (χ0) is 15.7. The number of aryl methyl sites for hydroxylation is 1. The molecule has 4 nitrogen and oxygen atoms in total. The summed E-state index contributed by atoms with van der Waals surface area (Å²) >= 11 is 0. The standard InChI is InChI=1S/C19H16N2O2/c1-10-8-15(13-4-2-3-5-14(13)20-10)21-18(22)16-11-6-7-12(9-11)17(16)19(21)23/h2-8,11-12,16-17H,9H2,1H3/t11-,12-,16-,17+/m0/s1. The number of anilines is 1. The molecule has 4 heteroatoms. The average molecular weight is 304 g/mol. The van der Waals surface area contributed by atoms with Gasteiger partial charge in [0.2, 0.25) is 11.8 Å². The minimum absolute atomic E-state index is 0.0346. The first-order valence-electron chi connectivity index (χ1n) is 8.07. The van der Waals surface area contributed by atoms with E-state index in [9.17, 15) is 9.59 Å². The van der Waals surface area contributed by atoms with Gasteiger partial charge in [0, 0.05) is 11.1 Å². The van der Waals surface area contributed by atoms with Crippen LogP contribution >= 0.6 is 0 Å². The van der Waals surface area contributed by atoms with Crippen LogP contribution in [0.25, 0.3) is 10.9 Å². The third-order valence-electron chi connectivity index (χ3n) is 5.53. The van der Waals surface area contributed by atoms with Gasteiger partial charge in [-0.2, -0.15) is 0 Å². The van der Waals surface area contributed by atoms with E-state index < -0.39 is 0 Å². The molecular formula is C19H16N2O2. The summed E-state index contributed by atoms with van der Waals surface area (Å²) in [6, 6.07) is 9.54. The van der Waals surface area contributed by atoms with Gasteiger partial charge in [-0.15, -0.1) is 0 Å². The molecule has 2 bridgehead atoms. The lowest BCUT2D eigenvalue weighted by molar-refractivity contribution is -0.123. The second-order valence-electron chi connectivity index (χ2n) is 6.81. The molecule has 23 heavy (non-hydrogen) atoms. The Morgan fingerprint density at radius 2 is 1.70 bits per heavy atom. The molecule has 1 saturated heterocycles. The Morgan fingerprint density at radius 1 is 1.04 bits per heavy atom. The van der Waals surface area contributed by atoms with Gasteiger partial charge in [0.1, 0.15) is 0 Å². The van der Waals surface area contributed by atoms with Gasteiger partial charge in [-0.1, -0.05) is 30.4 Å². The highest BCUT2D eigenvalue weighted by Gasteiger charge is 2.59. The topological polar surface area (TPSA) is 50.3 Å². The van der Waals surface area contributed by atoms with Gasteiger partial charge in [-0.25, -0.2) is 4.90 Å². The maximum Gasteiger partial charge on any atom is 0.238 e. The Morgan fingerprint density at radius 3 is 2.39 bits per heavy atom. The van der Waals surface area contributed by atoms with Crippen molar-refractivity contribution in [2.75, 3.05) is 4.90 Å². The maximum absolute atomic E-state index is 13.0. The zero-order valence-electron chi connectivity index (χ0n) is 12.8. The SMILES string of the molecule is Cc1cc(N2C(=O)[C@@H]3[C@H](C2=O)[C@H]2C=C[C@H]3C2)c2ccccc2n1. The van der Waals surface area contributed by atoms with Gasteiger partial charge >= 0.3 is 0 Å². The number of para-hydroxylation sites is 1. The number of carbonyl (C=O) groups excluding carboxylic acids is 2. The van der Waals surface area contributed by atoms with E-state index in [0.29, 0.717) is 5.69 Å². The first-order chi connectivity index (χ1) is 11.1. The number of pyridine rings is 1. The molecular weight excluding hydrogens is 288 g/mol. The molecule has 4 atom stereocenters. The third kappa shape index (κ3) is 1.58. The van der Waals surface area contributed by atoms with Crippen LogP contribution in [0.15, 0.2) is 42.5 Å². The van der Waals surface area contributed by atoms with E-state index in [1.165, 1.54) is 4.90 Å². The zero-order valence-corrected chi connectivity index (χ0v) is 12.8. The molecule has 2 aromatic rings. The van der Waals surface area contributed by atoms with E-state index in [0.717, 1.165) is 23.0 Å². The number of nitrogens with zero attached hydrogens (tertiary/aromatic N) is 2. The Bertz CT molecular complexity index is 871. The van der Waals surface area contributed by atoms with Crippen molar-refractivity contribution in [3.05, 3.63) is 48.2 Å². The van der Waals surface area contributed by atoms with Crippen LogP contribution in [-0.4, -0.2) is 16.8 Å². The van der Waals surface area contributed by atoms with Crippen molar-refractivity contribution < 1.29 is 9.59 Å². The molecule has 2 heterocycles. The third-order valence-corrected chi connectivity index (χ3v) is 5.53. The number of imide groups is 1. The molecule has 0 N–H and O–H groups in total. The number of fused-ring (bicyclic) bond motifs is 6. The van der Waals surface area contributed by atoms with Crippen molar-refractivity contribution in [1.82, 2.24) is 4.98 Å². The number of hydrogen-bond donors (Lipinski definition) is 0. The summed E-state index contributed by atoms with van der Waals surface area (Å²) in [4.78, 5) is 31.9. The van der Waals surface area contributed by atoms with Crippen molar-refractivity contribution in [3.63, 3.8) is 0 Å². The second kappa shape index (κ2) is 4.28. The second-order valence-corrected chi connectivity index (χ2v) is 6.81. The lowest BCUT2D eigenvalue weighted by Gasteiger charge is -2.19. The van der Waals surface area contributed by atoms with Gasteiger partial charge in [0.25, 0.3) is 0 Å². The lowest BCUT2D eigenvalue weighted by Crippen LogP contribution is -2.33. The van der Waals surface area contributed by atoms with Crippen molar-refractivity contribution in [3.8, 4) is 0 Å². The van der Waals surface area contributed by atoms with Crippen LogP contribution in [0.1, 0.15) is 12.1 Å². The number of benzene rings is 1. The average Bonchev–Trinajstić information content (AvgIpc) is 3.21. The minimum atomic E-state index is -0.162. The van der Waals surface area contributed by atoms with Crippen LogP contribution in [0, 0.1) is 30.6 Å². The molecule has 2 aliphatic carbocycles. The fourth-order valence-corrected chi connectivity index (χ4v) is 4.61. The van der Waals surface area contributed by atoms with Crippen LogP contribution in [0.5, 0.6) is 0 Å². The van der Waals surface area contributed by atoms with E-state index in [-0.39, 0.29) is 35.5 Å². The predicted octanol–water partition coefficient (Wildman–Crippen LogP) is 2.85. The maximum atomic E-state index is 13.0. The molecule has 5 rings (SSSR count). The van der Waals surface area contributed by atoms with E-state index in [4.69, 9.17) is 0 Å². The predicted molar refractivity (Wildman–Crippen MR) is 86.7 cm³/mol. The smallest absolute Gasteiger partial charge is 0.238 e. The number of rotatable bonds is 1. The molecule has 2 amide bonds. The Hall–Kier alpha value is -2.49. The van der Waals surface area contributed by atoms with Gasteiger partial charge in [0.15, 0.2) is 0 Å². The van der Waals surface area contributed by atoms with Gasteiger partial charge in [-0.05, 0) is 37.3 Å². The van der Waals surface area contributed by atoms with Crippen molar-refractivity contribution >= 4 is 28.4 Å². The fraction of sp³-hybridized carbons (Fsp3) is 0.316. The van der Waals surface area contributed by atoms with Crippen molar-refractivity contribution in [2.45, 2.75) is 13.3 Å². The number of amides is 2. The van der Waals surface area contributed by atoms with E-state index in [1.807, 2.05) is 37.3 Å². The summed E-state index contributed by atoms with van der Waals surface area (Å²) in [5.74, 6) is 0.0796. The number of aromatic nitrogens is 1. The van der Waals surface area contributed by atoms with Gasteiger partial charge in [-0.3, -0.25) is 14.6 Å². The summed E-state index contributed by atoms with van der Waals surface area (Å²) < 4.78 is 0. The van der Waals surface area contributed by atoms with Gasteiger partial charge < -0.3 is 0 Å². The van der Waals surface area contributed by atoms with Crippen LogP contribution in [0.2, 0.25) is 0 Å². The minimum Gasteiger partial charge on any atom is -0.274 e. The van der Waals surface area contributed by atoms with Crippen LogP contribution in [0.4, 0.5) is 5.69 Å². The van der Waals surface area contributed by atoms with E-state index in [2.05, 4.69) is 17.1 Å². The molecule has 1 aromatic heterocycles. The van der Waals surface area contributed by atoms with Crippen molar-refractivity contribution in [2.24, 2.45) is 23.7 Å². The summed E-state index contributed by atoms with van der Waals surface area (Å²) in [6.45, 7) is 1.90. The van der Waals surface area contributed by atoms with Crippen LogP contribution < -0.4 is 4.90 Å². The fourth-order valence-electron chi connectivity index (χ4n) is 4.61. The van der Waals surface area contributed by atoms with Crippen LogP contribution in [-0.2, 0) is 9.59 Å². The highest BCUT2D eigenvalue weighted by Crippen LogP contribution is 2.53. The highest BCUT2D eigenvalue weighted by molar-refractivity contribution is 6.25. The summed E-state index contributed by atoms with van der Waals surface area (Å²) in [7, 11) is 0. The lowest BCUT2D eigenvalue weighted by atomic mass is 9.85. The molecule has 0 radical (unpaired) electrons. The largest absolute Gasteiger partial charge is 0.274 e. The number of carbonyl (C=O) groups is 2. The Labute approximate surface area is 133 Å². The molecule has 1 aromatic carbocycles. The summed E-state index contributed by atoms with van der Waals surface area (Å²) in [6.07, 6.45) is 5.20. The van der Waals surface area contributed by atoms with Gasteiger partial charge in [0.05, 0.1) is 23.0 Å². The highest BCUT2D eigenvalue weighted by atomic mass is 16.2. The van der Waals surface area contributed by atoms with E-state index in [1.54, 1.807) is 0 Å². The summed E-state index contributed by atoms with van der Waals surface area (Å²) in [5, 5.41) is 0.861. The van der Waals surface area contributed by atoms with E-state index >= 15 is 0 Å². The molecule has 0 unspecified atom stereocenters. The summed E-state index contributed by atoms with van der Waals surface area (Å²) in [5.41, 5.74) is 2.33. The quantitative estimate of drug-likeness (QED) is 0.601. The molecule has 1 saturated carbocycles. The molecule has 3 aliphatic rings. The molecule has 2 fully saturated rings. The first-order valence-corrected chi connectivity index (χ1v) is 8.07. The molecule has 0 spiro atoms.